The number of aliphatic hydroxyl groups is 1. The van der Waals surface area contributed by atoms with Gasteiger partial charge in [0.2, 0.25) is 5.91 Å². The minimum atomic E-state index is -0.422. The molecule has 4 heteroatoms. The molecule has 1 rings (SSSR count). The van der Waals surface area contributed by atoms with Crippen LogP contribution in [0.5, 0.6) is 0 Å². The molecule has 1 amide bonds. The molecular formula is C25H32FNO2. The maximum atomic E-state index is 13.3. The van der Waals surface area contributed by atoms with Gasteiger partial charge in [-0.2, -0.15) is 0 Å². The van der Waals surface area contributed by atoms with E-state index in [0.29, 0.717) is 16.7 Å². The Hall–Kier alpha value is -2.64. The van der Waals surface area contributed by atoms with Crippen LogP contribution in [0.1, 0.15) is 46.6 Å². The third-order valence-electron chi connectivity index (χ3n) is 5.17. The first-order chi connectivity index (χ1) is 13.6. The second-order valence-corrected chi connectivity index (χ2v) is 7.86. The van der Waals surface area contributed by atoms with Crippen LogP contribution in [0.4, 0.5) is 4.39 Å². The van der Waals surface area contributed by atoms with Gasteiger partial charge in [-0.15, -0.1) is 0 Å². The van der Waals surface area contributed by atoms with Gasteiger partial charge in [0.1, 0.15) is 5.82 Å². The number of nitrogens with one attached hydrogen (secondary N) is 1. The summed E-state index contributed by atoms with van der Waals surface area (Å²) < 4.78 is 13.3. The lowest BCUT2D eigenvalue weighted by atomic mass is 9.86. The fourth-order valence-corrected chi connectivity index (χ4v) is 2.35. The average molecular weight is 398 g/mol. The van der Waals surface area contributed by atoms with Crippen molar-refractivity contribution in [2.45, 2.75) is 47.1 Å². The molecule has 0 radical (unpaired) electrons. The molecule has 0 heterocycles. The lowest BCUT2D eigenvalue weighted by Gasteiger charge is -2.31. The second kappa shape index (κ2) is 11.4. The van der Waals surface area contributed by atoms with Gasteiger partial charge in [-0.1, -0.05) is 64.3 Å². The van der Waals surface area contributed by atoms with E-state index < -0.39 is 5.41 Å². The van der Waals surface area contributed by atoms with E-state index >= 15 is 0 Å². The molecule has 156 valence electrons. The van der Waals surface area contributed by atoms with E-state index in [4.69, 9.17) is 0 Å². The molecule has 2 atom stereocenters. The number of aliphatic hydroxyl groups excluding tert-OH is 1. The van der Waals surface area contributed by atoms with Crippen molar-refractivity contribution in [3.8, 4) is 11.8 Å². The Balaban J connectivity index is 3.13. The first-order valence-electron chi connectivity index (χ1n) is 9.88. The van der Waals surface area contributed by atoms with Gasteiger partial charge in [-0.3, -0.25) is 4.79 Å². The van der Waals surface area contributed by atoms with Gasteiger partial charge in [0.15, 0.2) is 0 Å². The summed E-state index contributed by atoms with van der Waals surface area (Å²) in [7, 11) is 0. The fourth-order valence-electron chi connectivity index (χ4n) is 2.35. The van der Waals surface area contributed by atoms with Gasteiger partial charge in [0.05, 0.1) is 6.61 Å². The van der Waals surface area contributed by atoms with E-state index in [1.54, 1.807) is 30.4 Å². The molecule has 1 aromatic rings. The van der Waals surface area contributed by atoms with Crippen LogP contribution in [0.25, 0.3) is 0 Å². The number of allylic oxidation sites excluding steroid dienone is 4. The molecule has 0 aliphatic rings. The monoisotopic (exact) mass is 397 g/mol. The van der Waals surface area contributed by atoms with Crippen LogP contribution in [0.2, 0.25) is 0 Å². The quantitative estimate of drug-likeness (QED) is 0.377. The highest BCUT2D eigenvalue weighted by atomic mass is 19.1. The summed E-state index contributed by atoms with van der Waals surface area (Å²) >= 11 is 0. The summed E-state index contributed by atoms with van der Waals surface area (Å²) in [6.45, 7) is 13.5. The van der Waals surface area contributed by atoms with Crippen LogP contribution < -0.4 is 5.32 Å². The van der Waals surface area contributed by atoms with E-state index in [2.05, 4.69) is 23.7 Å². The average Bonchev–Trinajstić information content (AvgIpc) is 2.69. The molecule has 0 aliphatic heterocycles. The van der Waals surface area contributed by atoms with Gasteiger partial charge < -0.3 is 10.4 Å². The van der Waals surface area contributed by atoms with Crippen molar-refractivity contribution < 1.29 is 14.3 Å². The van der Waals surface area contributed by atoms with Crippen LogP contribution in [-0.4, -0.2) is 23.7 Å². The predicted molar refractivity (Wildman–Crippen MR) is 118 cm³/mol. The molecule has 0 bridgehead atoms. The summed E-state index contributed by atoms with van der Waals surface area (Å²) in [4.78, 5) is 12.8. The molecule has 0 saturated heterocycles. The van der Waals surface area contributed by atoms with Crippen molar-refractivity contribution in [2.24, 2.45) is 11.3 Å². The van der Waals surface area contributed by atoms with Crippen molar-refractivity contribution in [2.75, 3.05) is 6.61 Å². The second-order valence-electron chi connectivity index (χ2n) is 7.86. The van der Waals surface area contributed by atoms with E-state index in [9.17, 15) is 14.3 Å². The summed E-state index contributed by atoms with van der Waals surface area (Å²) in [5.41, 5.74) is 1.42. The third-order valence-corrected chi connectivity index (χ3v) is 5.17. The first kappa shape index (κ1) is 24.4. The van der Waals surface area contributed by atoms with Gasteiger partial charge in [-0.25, -0.2) is 4.39 Å². The Bertz CT molecular complexity index is 840. The molecule has 2 unspecified atom stereocenters. The van der Waals surface area contributed by atoms with Crippen molar-refractivity contribution in [1.82, 2.24) is 5.32 Å². The van der Waals surface area contributed by atoms with E-state index in [1.807, 2.05) is 34.6 Å². The molecule has 0 saturated carbocycles. The van der Waals surface area contributed by atoms with Gasteiger partial charge in [-0.05, 0) is 43.5 Å². The van der Waals surface area contributed by atoms with E-state index in [1.165, 1.54) is 12.1 Å². The highest BCUT2D eigenvalue weighted by Crippen LogP contribution is 2.21. The zero-order valence-electron chi connectivity index (χ0n) is 18.1. The topological polar surface area (TPSA) is 49.3 Å². The van der Waals surface area contributed by atoms with Crippen LogP contribution in [0, 0.1) is 29.0 Å². The molecule has 0 spiro atoms. The normalized spacial score (nSPS) is 14.4. The van der Waals surface area contributed by atoms with E-state index in [-0.39, 0.29) is 30.3 Å². The van der Waals surface area contributed by atoms with Crippen LogP contribution in [0.3, 0.4) is 0 Å². The Morgan fingerprint density at radius 2 is 2.03 bits per heavy atom. The summed E-state index contributed by atoms with van der Waals surface area (Å²) in [5, 5.41) is 12.5. The Morgan fingerprint density at radius 1 is 1.34 bits per heavy atom. The number of amides is 1. The highest BCUT2D eigenvalue weighted by Gasteiger charge is 2.27. The Morgan fingerprint density at radius 3 is 2.59 bits per heavy atom. The first-order valence-corrected chi connectivity index (χ1v) is 9.88. The number of rotatable bonds is 8. The standard InChI is InChI=1S/C25H32FNO2/c1-7-18(3)23(24(29)27-19(4)25(5,6)17-28)15-14-20(8-2)12-13-21-10-9-11-22(26)16-21/h8-11,14-16,18-19,28H,2,7,17H2,1,3-6H3,(H,27,29). The maximum absolute atomic E-state index is 13.3. The fraction of sp³-hybridized carbons (Fsp3) is 0.400. The number of hydrogen-bond acceptors (Lipinski definition) is 2. The molecule has 0 fully saturated rings. The van der Waals surface area contributed by atoms with Gasteiger partial charge >= 0.3 is 0 Å². The molecular weight excluding hydrogens is 365 g/mol. The number of halogens is 1. The summed E-state index contributed by atoms with van der Waals surface area (Å²) in [6.07, 6.45) is 5.93. The van der Waals surface area contributed by atoms with Crippen molar-refractivity contribution in [1.29, 1.82) is 0 Å². The molecule has 0 aliphatic carbocycles. The lowest BCUT2D eigenvalue weighted by Crippen LogP contribution is -2.45. The largest absolute Gasteiger partial charge is 0.396 e. The number of benzene rings is 1. The van der Waals surface area contributed by atoms with Crippen LogP contribution >= 0.6 is 0 Å². The van der Waals surface area contributed by atoms with Crippen LogP contribution in [0.15, 0.2) is 60.2 Å². The molecule has 29 heavy (non-hydrogen) atoms. The third kappa shape index (κ3) is 7.71. The zero-order valence-corrected chi connectivity index (χ0v) is 18.1. The molecule has 1 aromatic carbocycles. The smallest absolute Gasteiger partial charge is 0.247 e. The Labute approximate surface area is 174 Å². The number of hydrogen-bond donors (Lipinski definition) is 2. The van der Waals surface area contributed by atoms with Gasteiger partial charge in [0, 0.05) is 28.2 Å². The van der Waals surface area contributed by atoms with Crippen molar-refractivity contribution in [3.63, 3.8) is 0 Å². The predicted octanol–water partition coefficient (Wildman–Crippen LogP) is 4.79. The minimum Gasteiger partial charge on any atom is -0.396 e. The minimum absolute atomic E-state index is 0.0208. The maximum Gasteiger partial charge on any atom is 0.247 e. The molecule has 3 nitrogen and oxygen atoms in total. The van der Waals surface area contributed by atoms with Crippen molar-refractivity contribution in [3.05, 3.63) is 71.6 Å². The molecule has 2 N–H and O–H groups in total. The van der Waals surface area contributed by atoms with Crippen LogP contribution in [-0.2, 0) is 4.79 Å². The summed E-state index contributed by atoms with van der Waals surface area (Å²) in [5.74, 6) is 5.42. The zero-order chi connectivity index (χ0) is 22.0. The summed E-state index contributed by atoms with van der Waals surface area (Å²) in [6, 6.07) is 5.88. The highest BCUT2D eigenvalue weighted by molar-refractivity contribution is 5.94. The lowest BCUT2D eigenvalue weighted by molar-refractivity contribution is -0.119. The number of carbonyl (C=O) groups is 1. The van der Waals surface area contributed by atoms with Crippen molar-refractivity contribution >= 4 is 5.91 Å². The van der Waals surface area contributed by atoms with Gasteiger partial charge in [0.25, 0.3) is 0 Å². The van der Waals surface area contributed by atoms with E-state index in [0.717, 1.165) is 6.42 Å². The Kier molecular flexibility index (Phi) is 9.58. The molecule has 0 aromatic heterocycles. The SMILES string of the molecule is C=CC(C#Cc1cccc(F)c1)=CC=C(C(=O)NC(C)C(C)(C)CO)C(C)CC. The number of carbonyl (C=O) groups excluding carboxylic acids is 1.